The fourth-order valence-electron chi connectivity index (χ4n) is 5.68. The molecule has 3 aromatic rings. The van der Waals surface area contributed by atoms with E-state index < -0.39 is 0 Å². The number of methoxy groups -OCH3 is 2. The first kappa shape index (κ1) is 27.0. The Morgan fingerprint density at radius 2 is 1.68 bits per heavy atom. The van der Waals surface area contributed by atoms with E-state index in [9.17, 15) is 4.79 Å². The third kappa shape index (κ3) is 5.97. The molecule has 0 bridgehead atoms. The summed E-state index contributed by atoms with van der Waals surface area (Å²) < 4.78 is 12.6. The Morgan fingerprint density at radius 1 is 0.976 bits per heavy atom. The quantitative estimate of drug-likeness (QED) is 0.470. The first-order valence-corrected chi connectivity index (χ1v) is 14.2. The SMILES string of the molecule is COC1=NC(CN2CCN(C(=O)CNc3c(-c4ccc(N5CCCC5)cc4)nc4cnccn34)CC2)N=C(OC)C1. The Labute approximate surface area is 239 Å². The van der Waals surface area contributed by atoms with Gasteiger partial charge < -0.3 is 24.6 Å². The summed E-state index contributed by atoms with van der Waals surface area (Å²) in [7, 11) is 3.23. The van der Waals surface area contributed by atoms with Crippen molar-refractivity contribution in [2.24, 2.45) is 9.98 Å². The highest BCUT2D eigenvalue weighted by molar-refractivity contribution is 5.98. The zero-order valence-electron chi connectivity index (χ0n) is 23.7. The molecule has 12 heteroatoms. The Balaban J connectivity index is 1.09. The zero-order valence-corrected chi connectivity index (χ0v) is 23.7. The number of nitrogens with one attached hydrogen (secondary N) is 1. The van der Waals surface area contributed by atoms with Crippen molar-refractivity contribution in [3.63, 3.8) is 0 Å². The van der Waals surface area contributed by atoms with Gasteiger partial charge in [0.25, 0.3) is 0 Å². The lowest BCUT2D eigenvalue weighted by atomic mass is 10.1. The van der Waals surface area contributed by atoms with Gasteiger partial charge >= 0.3 is 0 Å². The number of piperazine rings is 1. The van der Waals surface area contributed by atoms with Crippen LogP contribution in [0, 0.1) is 0 Å². The number of fused-ring (bicyclic) bond motifs is 1. The summed E-state index contributed by atoms with van der Waals surface area (Å²) >= 11 is 0. The first-order valence-electron chi connectivity index (χ1n) is 14.2. The summed E-state index contributed by atoms with van der Waals surface area (Å²) in [6, 6.07) is 8.54. The number of imidazole rings is 1. The highest BCUT2D eigenvalue weighted by Crippen LogP contribution is 2.31. The van der Waals surface area contributed by atoms with E-state index in [4.69, 9.17) is 14.5 Å². The molecule has 2 aromatic heterocycles. The molecule has 41 heavy (non-hydrogen) atoms. The lowest BCUT2D eigenvalue weighted by Gasteiger charge is -2.35. The van der Waals surface area contributed by atoms with E-state index in [-0.39, 0.29) is 18.6 Å². The van der Waals surface area contributed by atoms with E-state index in [0.29, 0.717) is 37.9 Å². The molecule has 1 amide bonds. The first-order chi connectivity index (χ1) is 20.1. The monoisotopic (exact) mass is 559 g/mol. The van der Waals surface area contributed by atoms with Crippen LogP contribution in [-0.4, -0.2) is 115 Å². The van der Waals surface area contributed by atoms with E-state index in [1.54, 1.807) is 26.6 Å². The third-order valence-electron chi connectivity index (χ3n) is 7.96. The standard InChI is InChI=1S/C29H37N9O3/c1-40-25-17-26(41-2)33-23(32-25)20-35-13-15-37(16-14-35)27(39)19-31-29-28(34-24-18-30-9-12-38(24)29)21-5-7-22(8-6-21)36-10-3-4-11-36/h5-9,12,18,23,31H,3-4,10-11,13-17,19-20H2,1-2H3. The largest absolute Gasteiger partial charge is 0.484 e. The molecule has 6 rings (SSSR count). The molecular weight excluding hydrogens is 522 g/mol. The molecule has 0 unspecified atom stereocenters. The van der Waals surface area contributed by atoms with Gasteiger partial charge in [-0.05, 0) is 25.0 Å². The number of benzene rings is 1. The van der Waals surface area contributed by atoms with Crippen molar-refractivity contribution in [3.05, 3.63) is 42.9 Å². The van der Waals surface area contributed by atoms with E-state index in [0.717, 1.165) is 48.9 Å². The number of hydrogen-bond acceptors (Lipinski definition) is 10. The Bertz CT molecular complexity index is 1400. The molecule has 5 heterocycles. The number of ether oxygens (including phenoxy) is 2. The van der Waals surface area contributed by atoms with Crippen LogP contribution < -0.4 is 10.2 Å². The summed E-state index contributed by atoms with van der Waals surface area (Å²) in [6.07, 6.45) is 8.04. The van der Waals surface area contributed by atoms with Crippen molar-refractivity contribution in [3.8, 4) is 11.3 Å². The normalized spacial score (nSPS) is 18.4. The number of hydrogen-bond donors (Lipinski definition) is 1. The highest BCUT2D eigenvalue weighted by Gasteiger charge is 2.26. The van der Waals surface area contributed by atoms with Crippen LogP contribution in [-0.2, 0) is 14.3 Å². The Morgan fingerprint density at radius 3 is 2.37 bits per heavy atom. The van der Waals surface area contributed by atoms with Gasteiger partial charge in [-0.3, -0.25) is 19.1 Å². The van der Waals surface area contributed by atoms with Crippen molar-refractivity contribution in [1.82, 2.24) is 24.2 Å². The second-order valence-electron chi connectivity index (χ2n) is 10.5. The van der Waals surface area contributed by atoms with E-state index in [1.807, 2.05) is 15.5 Å². The lowest BCUT2D eigenvalue weighted by molar-refractivity contribution is -0.131. The van der Waals surface area contributed by atoms with Gasteiger partial charge in [0.05, 0.1) is 33.4 Å². The number of anilines is 2. The van der Waals surface area contributed by atoms with Crippen molar-refractivity contribution in [2.75, 3.05) is 76.8 Å². The molecule has 3 aliphatic rings. The molecular formula is C29H37N9O3. The number of rotatable bonds is 7. The van der Waals surface area contributed by atoms with Gasteiger partial charge in [-0.2, -0.15) is 0 Å². The minimum Gasteiger partial charge on any atom is -0.484 e. The Hall–Kier alpha value is -4.19. The summed E-state index contributed by atoms with van der Waals surface area (Å²) in [4.78, 5) is 38.1. The molecule has 0 spiro atoms. The van der Waals surface area contributed by atoms with Crippen LogP contribution in [0.4, 0.5) is 11.5 Å². The number of nitrogens with zero attached hydrogens (tertiary/aromatic N) is 8. The maximum Gasteiger partial charge on any atom is 0.242 e. The van der Waals surface area contributed by atoms with E-state index in [2.05, 4.69) is 54.4 Å². The van der Waals surface area contributed by atoms with Crippen molar-refractivity contribution in [1.29, 1.82) is 0 Å². The van der Waals surface area contributed by atoms with Gasteiger partial charge in [0.2, 0.25) is 5.91 Å². The smallest absolute Gasteiger partial charge is 0.242 e. The third-order valence-corrected chi connectivity index (χ3v) is 7.96. The van der Waals surface area contributed by atoms with Crippen LogP contribution in [0.15, 0.2) is 52.8 Å². The van der Waals surface area contributed by atoms with Crippen LogP contribution in [0.5, 0.6) is 0 Å². The van der Waals surface area contributed by atoms with Crippen LogP contribution in [0.25, 0.3) is 16.9 Å². The molecule has 2 saturated heterocycles. The van der Waals surface area contributed by atoms with Crippen molar-refractivity contribution >= 4 is 34.9 Å². The molecule has 12 nitrogen and oxygen atoms in total. The molecule has 0 radical (unpaired) electrons. The molecule has 0 saturated carbocycles. The van der Waals surface area contributed by atoms with Crippen LogP contribution in [0.2, 0.25) is 0 Å². The summed E-state index contributed by atoms with van der Waals surface area (Å²) in [5.74, 6) is 2.11. The molecule has 216 valence electrons. The summed E-state index contributed by atoms with van der Waals surface area (Å²) in [5.41, 5.74) is 3.78. The van der Waals surface area contributed by atoms with Gasteiger partial charge in [-0.25, -0.2) is 15.0 Å². The average molecular weight is 560 g/mol. The lowest BCUT2D eigenvalue weighted by Crippen LogP contribution is -2.51. The number of aliphatic imine (C=N–C) groups is 2. The van der Waals surface area contributed by atoms with Crippen LogP contribution >= 0.6 is 0 Å². The average Bonchev–Trinajstić information content (AvgIpc) is 3.69. The number of aromatic nitrogens is 3. The fourth-order valence-corrected chi connectivity index (χ4v) is 5.68. The highest BCUT2D eigenvalue weighted by atomic mass is 16.5. The minimum absolute atomic E-state index is 0.0565. The maximum absolute atomic E-state index is 13.2. The predicted molar refractivity (Wildman–Crippen MR) is 159 cm³/mol. The van der Waals surface area contributed by atoms with Gasteiger partial charge in [-0.15, -0.1) is 0 Å². The molecule has 1 aromatic carbocycles. The summed E-state index contributed by atoms with van der Waals surface area (Å²) in [5, 5.41) is 3.40. The molecule has 1 N–H and O–H groups in total. The van der Waals surface area contributed by atoms with Gasteiger partial charge in [0.15, 0.2) is 23.6 Å². The fraction of sp³-hybridized carbons (Fsp3) is 0.483. The second-order valence-corrected chi connectivity index (χ2v) is 10.5. The van der Waals surface area contributed by atoms with Gasteiger partial charge in [-0.1, -0.05) is 12.1 Å². The minimum atomic E-state index is -0.259. The number of carbonyl (C=O) groups excluding carboxylic acids is 1. The van der Waals surface area contributed by atoms with E-state index >= 15 is 0 Å². The van der Waals surface area contributed by atoms with Gasteiger partial charge in [0, 0.05) is 69.5 Å². The zero-order chi connectivity index (χ0) is 28.2. The van der Waals surface area contributed by atoms with E-state index in [1.165, 1.54) is 18.5 Å². The molecule has 0 atom stereocenters. The van der Waals surface area contributed by atoms with Gasteiger partial charge in [0.1, 0.15) is 11.5 Å². The maximum atomic E-state index is 13.2. The Kier molecular flexibility index (Phi) is 7.99. The number of carbonyl (C=O) groups is 1. The van der Waals surface area contributed by atoms with Crippen molar-refractivity contribution < 1.29 is 14.3 Å². The number of amides is 1. The predicted octanol–water partition coefficient (Wildman–Crippen LogP) is 2.37. The van der Waals surface area contributed by atoms with Crippen molar-refractivity contribution in [2.45, 2.75) is 25.4 Å². The van der Waals surface area contributed by atoms with Crippen LogP contribution in [0.1, 0.15) is 19.3 Å². The molecule has 0 aliphatic carbocycles. The molecule has 3 aliphatic heterocycles. The van der Waals surface area contributed by atoms with Crippen LogP contribution in [0.3, 0.4) is 0 Å². The molecule has 2 fully saturated rings. The summed E-state index contributed by atoms with van der Waals surface area (Å²) in [6.45, 7) is 5.87. The topological polar surface area (TPSA) is 112 Å². The second kappa shape index (κ2) is 12.1.